The molecule has 0 aromatic carbocycles. The fourth-order valence-electron chi connectivity index (χ4n) is 0.647. The zero-order valence-electron chi connectivity index (χ0n) is 5.17. The van der Waals surface area contributed by atoms with Crippen LogP contribution in [0.4, 0.5) is 0 Å². The molecule has 0 aliphatic carbocycles. The Balaban J connectivity index is 2.61. The first-order valence-corrected chi connectivity index (χ1v) is 2.82. The van der Waals surface area contributed by atoms with Crippen molar-refractivity contribution >= 4 is 0 Å². The van der Waals surface area contributed by atoms with E-state index in [4.69, 9.17) is 0 Å². The highest BCUT2D eigenvalue weighted by Crippen LogP contribution is 1.92. The second-order valence-electron chi connectivity index (χ2n) is 1.79. The molecule has 9 heavy (non-hydrogen) atoms. The Morgan fingerprint density at radius 2 is 2.56 bits per heavy atom. The second-order valence-corrected chi connectivity index (χ2v) is 1.79. The van der Waals surface area contributed by atoms with Crippen molar-refractivity contribution in [3.63, 3.8) is 0 Å². The van der Waals surface area contributed by atoms with Gasteiger partial charge in [-0.3, -0.25) is 4.98 Å². The van der Waals surface area contributed by atoms with E-state index in [-0.39, 0.29) is 0 Å². The molecule has 0 atom stereocenters. The van der Waals surface area contributed by atoms with E-state index in [9.17, 15) is 0 Å². The molecule has 2 nitrogen and oxygen atoms in total. The van der Waals surface area contributed by atoms with E-state index >= 15 is 0 Å². The fraction of sp³-hybridized carbons (Fsp3) is 0.143. The number of aromatic nitrogens is 1. The summed E-state index contributed by atoms with van der Waals surface area (Å²) in [6, 6.07) is 3.91. The average Bonchev–Trinajstić information content (AvgIpc) is 1.91. The van der Waals surface area contributed by atoms with Gasteiger partial charge >= 0.3 is 0 Å². The number of nitrogens with zero attached hydrogens (tertiary/aromatic N) is 1. The molecule has 1 radical (unpaired) electrons. The predicted molar refractivity (Wildman–Crippen MR) is 36.4 cm³/mol. The molecule has 1 aromatic rings. The number of pyridine rings is 1. The molecule has 0 fully saturated rings. The third kappa shape index (κ3) is 1.82. The van der Waals surface area contributed by atoms with E-state index in [1.165, 1.54) is 0 Å². The maximum atomic E-state index is 3.94. The van der Waals surface area contributed by atoms with Crippen molar-refractivity contribution < 1.29 is 0 Å². The number of nitrogens with one attached hydrogen (secondary N) is 1. The number of hydrogen-bond donors (Lipinski definition) is 1. The van der Waals surface area contributed by atoms with Crippen LogP contribution in [0.2, 0.25) is 0 Å². The third-order valence-electron chi connectivity index (χ3n) is 1.05. The maximum absolute atomic E-state index is 3.94. The van der Waals surface area contributed by atoms with Crippen LogP contribution < -0.4 is 5.32 Å². The van der Waals surface area contributed by atoms with Gasteiger partial charge in [0.15, 0.2) is 0 Å². The largest absolute Gasteiger partial charge is 0.311 e. The molecule has 47 valence electrons. The van der Waals surface area contributed by atoms with Crippen LogP contribution in [0, 0.1) is 7.05 Å². The van der Waals surface area contributed by atoms with E-state index < -0.39 is 0 Å². The molecule has 0 aliphatic heterocycles. The van der Waals surface area contributed by atoms with Crippen LogP contribution in [-0.4, -0.2) is 4.98 Å². The van der Waals surface area contributed by atoms with Gasteiger partial charge in [0.2, 0.25) is 0 Å². The van der Waals surface area contributed by atoms with Crippen LogP contribution in [0.15, 0.2) is 24.5 Å². The van der Waals surface area contributed by atoms with Crippen LogP contribution in [0.1, 0.15) is 5.56 Å². The highest BCUT2D eigenvalue weighted by molar-refractivity contribution is 5.07. The molecule has 0 spiro atoms. The van der Waals surface area contributed by atoms with Gasteiger partial charge in [-0.2, -0.15) is 0 Å². The topological polar surface area (TPSA) is 24.9 Å². The van der Waals surface area contributed by atoms with Gasteiger partial charge in [0.25, 0.3) is 0 Å². The minimum Gasteiger partial charge on any atom is -0.311 e. The second kappa shape index (κ2) is 3.20. The molecule has 0 amide bonds. The van der Waals surface area contributed by atoms with Gasteiger partial charge in [-0.25, -0.2) is 0 Å². The smallest absolute Gasteiger partial charge is 0.0312 e. The van der Waals surface area contributed by atoms with Crippen molar-refractivity contribution in [2.24, 2.45) is 0 Å². The third-order valence-corrected chi connectivity index (χ3v) is 1.05. The molecule has 0 saturated carbocycles. The van der Waals surface area contributed by atoms with E-state index in [1.807, 2.05) is 18.3 Å². The summed E-state index contributed by atoms with van der Waals surface area (Å²) in [5.74, 6) is 0. The SMILES string of the molecule is [CH2]NCc1cccnc1. The molecule has 0 unspecified atom stereocenters. The number of rotatable bonds is 2. The molecule has 1 rings (SSSR count). The first-order valence-electron chi connectivity index (χ1n) is 2.82. The molecule has 1 aromatic heterocycles. The van der Waals surface area contributed by atoms with Crippen LogP contribution in [-0.2, 0) is 6.54 Å². The lowest BCUT2D eigenvalue weighted by molar-refractivity contribution is 0.860. The van der Waals surface area contributed by atoms with Crippen molar-refractivity contribution in [3.05, 3.63) is 37.1 Å². The quantitative estimate of drug-likeness (QED) is 0.630. The highest BCUT2D eigenvalue weighted by atomic mass is 14.8. The Morgan fingerprint density at radius 1 is 1.67 bits per heavy atom. The van der Waals surface area contributed by atoms with Gasteiger partial charge in [-0.05, 0) is 11.6 Å². The minimum absolute atomic E-state index is 0.786. The average molecular weight is 121 g/mol. The predicted octanol–water partition coefficient (Wildman–Crippen LogP) is 0.963. The lowest BCUT2D eigenvalue weighted by Crippen LogP contribution is -2.01. The molecule has 1 heterocycles. The van der Waals surface area contributed by atoms with Crippen molar-refractivity contribution in [1.82, 2.24) is 10.3 Å². The first-order chi connectivity index (χ1) is 4.43. The molecular weight excluding hydrogens is 112 g/mol. The van der Waals surface area contributed by atoms with Crippen LogP contribution in [0.25, 0.3) is 0 Å². The summed E-state index contributed by atoms with van der Waals surface area (Å²) in [5, 5.41) is 2.79. The Morgan fingerprint density at radius 3 is 3.11 bits per heavy atom. The van der Waals surface area contributed by atoms with Crippen LogP contribution in [0.5, 0.6) is 0 Å². The first kappa shape index (κ1) is 6.23. The lowest BCUT2D eigenvalue weighted by atomic mass is 10.3. The van der Waals surface area contributed by atoms with Crippen molar-refractivity contribution in [3.8, 4) is 0 Å². The summed E-state index contributed by atoms with van der Waals surface area (Å²) in [6.45, 7) is 0.786. The van der Waals surface area contributed by atoms with E-state index in [2.05, 4.69) is 17.3 Å². The Labute approximate surface area is 54.9 Å². The fourth-order valence-corrected chi connectivity index (χ4v) is 0.647. The Hall–Kier alpha value is -0.890. The lowest BCUT2D eigenvalue weighted by Gasteiger charge is -1.94. The van der Waals surface area contributed by atoms with E-state index in [1.54, 1.807) is 6.20 Å². The van der Waals surface area contributed by atoms with Gasteiger partial charge in [0, 0.05) is 26.0 Å². The summed E-state index contributed by atoms with van der Waals surface area (Å²) in [5.41, 5.74) is 1.16. The minimum atomic E-state index is 0.786. The van der Waals surface area contributed by atoms with Gasteiger partial charge in [-0.15, -0.1) is 0 Å². The normalized spacial score (nSPS) is 9.44. The monoisotopic (exact) mass is 121 g/mol. The van der Waals surface area contributed by atoms with E-state index in [0.717, 1.165) is 12.1 Å². The Kier molecular flexibility index (Phi) is 2.22. The van der Waals surface area contributed by atoms with Gasteiger partial charge in [0.1, 0.15) is 0 Å². The van der Waals surface area contributed by atoms with Gasteiger partial charge in [-0.1, -0.05) is 6.07 Å². The summed E-state index contributed by atoms with van der Waals surface area (Å²) in [6.07, 6.45) is 3.57. The van der Waals surface area contributed by atoms with E-state index in [0.29, 0.717) is 0 Å². The summed E-state index contributed by atoms with van der Waals surface area (Å²) in [4.78, 5) is 3.94. The van der Waals surface area contributed by atoms with Crippen LogP contribution in [0.3, 0.4) is 0 Å². The Bertz CT molecular complexity index is 160. The van der Waals surface area contributed by atoms with Gasteiger partial charge < -0.3 is 5.32 Å². The van der Waals surface area contributed by atoms with Crippen molar-refractivity contribution in [2.75, 3.05) is 0 Å². The van der Waals surface area contributed by atoms with Crippen LogP contribution >= 0.6 is 0 Å². The van der Waals surface area contributed by atoms with Gasteiger partial charge in [0.05, 0.1) is 0 Å². The maximum Gasteiger partial charge on any atom is 0.0312 e. The summed E-state index contributed by atoms with van der Waals surface area (Å²) >= 11 is 0. The molecular formula is C7H9N2. The van der Waals surface area contributed by atoms with Crippen molar-refractivity contribution in [1.29, 1.82) is 0 Å². The molecule has 2 heteroatoms. The van der Waals surface area contributed by atoms with Crippen molar-refractivity contribution in [2.45, 2.75) is 6.54 Å². The molecule has 1 N–H and O–H groups in total. The zero-order valence-corrected chi connectivity index (χ0v) is 5.17. The highest BCUT2D eigenvalue weighted by Gasteiger charge is 1.84. The molecule has 0 aliphatic rings. The standard InChI is InChI=1S/C7H9N2/c1-8-5-7-3-2-4-9-6-7/h2-4,6,8H,1,5H2. The summed E-state index contributed by atoms with van der Waals surface area (Å²) < 4.78 is 0. The molecule has 0 saturated heterocycles. The molecule has 0 bridgehead atoms. The summed E-state index contributed by atoms with van der Waals surface area (Å²) in [7, 11) is 3.50. The zero-order chi connectivity index (χ0) is 6.53. The number of hydrogen-bond acceptors (Lipinski definition) is 2.